The number of nitrogens with one attached hydrogen (secondary N) is 2. The van der Waals surface area contributed by atoms with Gasteiger partial charge in [-0.05, 0) is 38.1 Å². The quantitative estimate of drug-likeness (QED) is 0.0796. The first kappa shape index (κ1) is 39.6. The Balaban J connectivity index is 1.77. The van der Waals surface area contributed by atoms with E-state index in [-0.39, 0.29) is 88.4 Å². The molecule has 1 atom stereocenters. The molecule has 0 bridgehead atoms. The number of amides is 2. The van der Waals surface area contributed by atoms with Crippen LogP contribution in [0.3, 0.4) is 0 Å². The van der Waals surface area contributed by atoms with Gasteiger partial charge in [-0.15, -0.1) is 0 Å². The second-order valence-electron chi connectivity index (χ2n) is 10.0. The first-order chi connectivity index (χ1) is 23.6. The lowest BCUT2D eigenvalue weighted by Gasteiger charge is -2.19. The number of hydrogen-bond donors (Lipinski definition) is 2. The summed E-state index contributed by atoms with van der Waals surface area (Å²) in [6.45, 7) is 9.71. The lowest BCUT2D eigenvalue weighted by molar-refractivity contribution is -0.139. The molecule has 0 aliphatic heterocycles. The number of ether oxygens (including phenoxy) is 8. The lowest BCUT2D eigenvalue weighted by Crippen LogP contribution is -2.37. The maximum atomic E-state index is 13.0. The van der Waals surface area contributed by atoms with Crippen LogP contribution in [0.2, 0.25) is 0 Å². The van der Waals surface area contributed by atoms with E-state index in [9.17, 15) is 24.0 Å². The number of carbonyl (C=O) groups excluding carboxylic acids is 5. The largest absolute Gasteiger partial charge is 0.490 e. The topological polar surface area (TPSA) is 183 Å². The van der Waals surface area contributed by atoms with Crippen LogP contribution in [0, 0.1) is 0 Å². The predicted molar refractivity (Wildman–Crippen MR) is 174 cm³/mol. The van der Waals surface area contributed by atoms with E-state index in [2.05, 4.69) is 23.8 Å². The minimum atomic E-state index is -0.994. The molecular weight excluding hydrogens is 644 g/mol. The van der Waals surface area contributed by atoms with Crippen molar-refractivity contribution < 1.29 is 61.9 Å². The van der Waals surface area contributed by atoms with E-state index >= 15 is 0 Å². The van der Waals surface area contributed by atoms with Crippen molar-refractivity contribution in [1.82, 2.24) is 10.6 Å². The van der Waals surface area contributed by atoms with Gasteiger partial charge in [0.2, 0.25) is 0 Å². The maximum Gasteiger partial charge on any atom is 0.407 e. The average molecular weight is 687 g/mol. The summed E-state index contributed by atoms with van der Waals surface area (Å²) in [6.07, 6.45) is -2.52. The number of hydrogen-bond acceptors (Lipinski definition) is 13. The third kappa shape index (κ3) is 17.2. The van der Waals surface area contributed by atoms with E-state index in [1.807, 2.05) is 6.07 Å². The van der Waals surface area contributed by atoms with Crippen molar-refractivity contribution in [2.75, 3.05) is 65.9 Å². The zero-order chi connectivity index (χ0) is 35.9. The molecule has 0 aliphatic carbocycles. The Morgan fingerprint density at radius 3 is 1.88 bits per heavy atom. The fourth-order valence-corrected chi connectivity index (χ4v) is 3.42. The monoisotopic (exact) mass is 686 g/mol. The fourth-order valence-electron chi connectivity index (χ4n) is 3.42. The molecule has 0 heterocycles. The molecule has 0 saturated heterocycles. The van der Waals surface area contributed by atoms with Gasteiger partial charge in [0, 0.05) is 11.1 Å². The Morgan fingerprint density at radius 1 is 0.633 bits per heavy atom. The summed E-state index contributed by atoms with van der Waals surface area (Å²) in [5.41, 5.74) is 0.614. The van der Waals surface area contributed by atoms with Crippen LogP contribution in [-0.4, -0.2) is 102 Å². The molecule has 2 aromatic rings. The lowest BCUT2D eigenvalue weighted by atomic mass is 10.2. The number of rotatable bonds is 22. The Kier molecular flexibility index (Phi) is 18.5. The van der Waals surface area contributed by atoms with E-state index in [0.29, 0.717) is 5.75 Å². The van der Waals surface area contributed by atoms with Crippen LogP contribution in [0.1, 0.15) is 24.2 Å². The zero-order valence-electron chi connectivity index (χ0n) is 27.6. The summed E-state index contributed by atoms with van der Waals surface area (Å²) < 4.78 is 42.4. The summed E-state index contributed by atoms with van der Waals surface area (Å²) >= 11 is 0. The van der Waals surface area contributed by atoms with Gasteiger partial charge in [0.25, 0.3) is 0 Å². The van der Waals surface area contributed by atoms with Gasteiger partial charge in [-0.1, -0.05) is 43.5 Å². The van der Waals surface area contributed by atoms with Crippen molar-refractivity contribution >= 4 is 30.1 Å². The molecule has 0 saturated carbocycles. The van der Waals surface area contributed by atoms with Gasteiger partial charge in [-0.3, -0.25) is 0 Å². The van der Waals surface area contributed by atoms with Crippen molar-refractivity contribution in [2.24, 2.45) is 0 Å². The van der Waals surface area contributed by atoms with Gasteiger partial charge in [0.15, 0.2) is 6.10 Å². The van der Waals surface area contributed by atoms with Crippen molar-refractivity contribution in [2.45, 2.75) is 20.0 Å². The first-order valence-electron chi connectivity index (χ1n) is 15.2. The third-order valence-electron chi connectivity index (χ3n) is 5.81. The van der Waals surface area contributed by atoms with Crippen molar-refractivity contribution in [1.29, 1.82) is 0 Å². The van der Waals surface area contributed by atoms with Crippen molar-refractivity contribution in [3.63, 3.8) is 0 Å². The number of para-hydroxylation sites is 2. The molecule has 0 aromatic heterocycles. The molecule has 1 unspecified atom stereocenters. The van der Waals surface area contributed by atoms with Crippen LogP contribution >= 0.6 is 0 Å². The van der Waals surface area contributed by atoms with Gasteiger partial charge in [-0.25, -0.2) is 24.0 Å². The molecule has 2 aromatic carbocycles. The molecule has 2 rings (SSSR count). The maximum absolute atomic E-state index is 13.0. The van der Waals surface area contributed by atoms with Gasteiger partial charge in [0.05, 0.1) is 26.3 Å². The van der Waals surface area contributed by atoms with E-state index < -0.39 is 36.2 Å². The molecule has 0 radical (unpaired) electrons. The van der Waals surface area contributed by atoms with Crippen molar-refractivity contribution in [3.05, 3.63) is 84.5 Å². The Labute approximate surface area is 284 Å². The molecule has 0 fully saturated rings. The Bertz CT molecular complexity index is 1400. The number of benzene rings is 2. The Morgan fingerprint density at radius 2 is 1.22 bits per heavy atom. The fraction of sp³-hybridized carbons (Fsp3) is 0.382. The molecule has 0 aliphatic rings. The normalized spacial score (nSPS) is 10.8. The highest BCUT2D eigenvalue weighted by Crippen LogP contribution is 2.19. The smallest absolute Gasteiger partial charge is 0.407 e. The summed E-state index contributed by atoms with van der Waals surface area (Å²) in [4.78, 5) is 59.8. The number of carbonyl (C=O) groups is 5. The van der Waals surface area contributed by atoms with Crippen LogP contribution in [0.25, 0.3) is 0 Å². The van der Waals surface area contributed by atoms with E-state index in [0.717, 1.165) is 0 Å². The van der Waals surface area contributed by atoms with E-state index in [4.69, 9.17) is 37.9 Å². The summed E-state index contributed by atoms with van der Waals surface area (Å²) in [5, 5.41) is 4.89. The Hall–Kier alpha value is -5.57. The van der Waals surface area contributed by atoms with Crippen molar-refractivity contribution in [3.8, 4) is 11.5 Å². The molecule has 15 heteroatoms. The molecule has 2 amide bonds. The standard InChI is InChI=1S/C34H42N2O13/c1-24(2)30(37)44-16-14-35-33(40)46-21-19-42-18-20-43-29-13-9-8-12-28(29)32(39)48-23-27(22-47-26-10-6-5-7-11-26)49-34(41)36-15-17-45-31(38)25(3)4/h5-13,27H,1,3,14-23H2,2,4H3,(H,35,40)(H,36,41). The van der Waals surface area contributed by atoms with Gasteiger partial charge >= 0.3 is 30.1 Å². The van der Waals surface area contributed by atoms with Gasteiger partial charge in [-0.2, -0.15) is 0 Å². The second-order valence-corrected chi connectivity index (χ2v) is 10.0. The molecule has 49 heavy (non-hydrogen) atoms. The van der Waals surface area contributed by atoms with Crippen LogP contribution in [-0.2, 0) is 38.0 Å². The predicted octanol–water partition coefficient (Wildman–Crippen LogP) is 3.38. The molecule has 266 valence electrons. The van der Waals surface area contributed by atoms with Crippen LogP contribution in [0.5, 0.6) is 11.5 Å². The third-order valence-corrected chi connectivity index (χ3v) is 5.81. The summed E-state index contributed by atoms with van der Waals surface area (Å²) in [5.74, 6) is -1.11. The van der Waals surface area contributed by atoms with E-state index in [1.54, 1.807) is 42.5 Å². The SMILES string of the molecule is C=C(C)C(=O)OCCNC(=O)OCCOCCOc1ccccc1C(=O)OCC(COc1ccccc1)OC(=O)NCCOC(=O)C(=C)C. The molecule has 2 N–H and O–H groups in total. The minimum Gasteiger partial charge on any atom is -0.490 e. The second kappa shape index (κ2) is 22.9. The highest BCUT2D eigenvalue weighted by Gasteiger charge is 2.21. The van der Waals surface area contributed by atoms with E-state index in [1.165, 1.54) is 19.9 Å². The van der Waals surface area contributed by atoms with Crippen LogP contribution in [0.15, 0.2) is 78.9 Å². The molecule has 0 spiro atoms. The minimum absolute atomic E-state index is 0.0168. The van der Waals surface area contributed by atoms with Gasteiger partial charge < -0.3 is 48.5 Å². The molecular formula is C34H42N2O13. The number of alkyl carbamates (subject to hydrolysis) is 2. The van der Waals surface area contributed by atoms with Crippen LogP contribution in [0.4, 0.5) is 9.59 Å². The summed E-state index contributed by atoms with van der Waals surface area (Å²) in [7, 11) is 0. The first-order valence-corrected chi connectivity index (χ1v) is 15.2. The summed E-state index contributed by atoms with van der Waals surface area (Å²) in [6, 6.07) is 15.2. The number of esters is 3. The highest BCUT2D eigenvalue weighted by molar-refractivity contribution is 5.92. The highest BCUT2D eigenvalue weighted by atomic mass is 16.6. The molecule has 15 nitrogen and oxygen atoms in total. The van der Waals surface area contributed by atoms with Gasteiger partial charge in [0.1, 0.15) is 56.7 Å². The average Bonchev–Trinajstić information content (AvgIpc) is 3.09. The van der Waals surface area contributed by atoms with Crippen LogP contribution < -0.4 is 20.1 Å². The zero-order valence-corrected chi connectivity index (χ0v) is 27.6.